The Hall–Kier alpha value is -1.66. The summed E-state index contributed by atoms with van der Waals surface area (Å²) in [5.74, 6) is 0.402. The van der Waals surface area contributed by atoms with Crippen molar-refractivity contribution in [3.8, 4) is 5.88 Å². The molecule has 1 aromatic rings. The molecule has 0 saturated carbocycles. The average Bonchev–Trinajstić information content (AvgIpc) is 2.48. The Balaban J connectivity index is 1.94. The molecule has 1 aromatic heterocycles. The highest BCUT2D eigenvalue weighted by molar-refractivity contribution is 5.69. The Bertz CT molecular complexity index is 453. The van der Waals surface area contributed by atoms with Crippen molar-refractivity contribution in [1.82, 2.24) is 9.88 Å². The minimum Gasteiger partial charge on any atom is -0.481 e. The standard InChI is InChI=1S/C14H20N2O4/c1-18-13(17)8-12-10-16(6-7-20-12)9-11-4-3-5-15-14(11)19-2/h3-5,12H,6-10H2,1-2H3. The number of esters is 1. The van der Waals surface area contributed by atoms with Crippen LogP contribution in [0.15, 0.2) is 18.3 Å². The molecule has 1 aliphatic heterocycles. The van der Waals surface area contributed by atoms with E-state index < -0.39 is 0 Å². The third-order valence-electron chi connectivity index (χ3n) is 3.28. The van der Waals surface area contributed by atoms with Crippen LogP contribution in [0.2, 0.25) is 0 Å². The van der Waals surface area contributed by atoms with Gasteiger partial charge in [-0.2, -0.15) is 0 Å². The smallest absolute Gasteiger partial charge is 0.308 e. The van der Waals surface area contributed by atoms with Gasteiger partial charge in [0, 0.05) is 31.4 Å². The van der Waals surface area contributed by atoms with Gasteiger partial charge in [0.15, 0.2) is 0 Å². The second-order valence-corrected chi connectivity index (χ2v) is 4.68. The molecule has 0 amide bonds. The molecule has 110 valence electrons. The lowest BCUT2D eigenvalue weighted by molar-refractivity contribution is -0.145. The van der Waals surface area contributed by atoms with Crippen molar-refractivity contribution in [2.75, 3.05) is 33.9 Å². The molecule has 0 N–H and O–H groups in total. The van der Waals surface area contributed by atoms with Gasteiger partial charge < -0.3 is 14.2 Å². The number of carbonyl (C=O) groups excluding carboxylic acids is 1. The number of pyridine rings is 1. The lowest BCUT2D eigenvalue weighted by atomic mass is 10.2. The Morgan fingerprint density at radius 1 is 1.55 bits per heavy atom. The Morgan fingerprint density at radius 2 is 2.40 bits per heavy atom. The van der Waals surface area contributed by atoms with Crippen LogP contribution in [-0.2, 0) is 20.8 Å². The van der Waals surface area contributed by atoms with E-state index in [2.05, 4.69) is 14.6 Å². The highest BCUT2D eigenvalue weighted by atomic mass is 16.5. The van der Waals surface area contributed by atoms with E-state index in [1.165, 1.54) is 7.11 Å². The van der Waals surface area contributed by atoms with Crippen LogP contribution < -0.4 is 4.74 Å². The predicted octanol–water partition coefficient (Wildman–Crippen LogP) is 0.854. The zero-order chi connectivity index (χ0) is 14.4. The molecule has 2 rings (SSSR count). The fraction of sp³-hybridized carbons (Fsp3) is 0.571. The van der Waals surface area contributed by atoms with Crippen molar-refractivity contribution >= 4 is 5.97 Å². The molecule has 0 aromatic carbocycles. The molecule has 0 aliphatic carbocycles. The molecule has 20 heavy (non-hydrogen) atoms. The summed E-state index contributed by atoms with van der Waals surface area (Å²) < 4.78 is 15.5. The summed E-state index contributed by atoms with van der Waals surface area (Å²) in [6.07, 6.45) is 1.89. The number of nitrogens with zero attached hydrogens (tertiary/aromatic N) is 2. The van der Waals surface area contributed by atoms with Crippen LogP contribution in [0.1, 0.15) is 12.0 Å². The van der Waals surface area contributed by atoms with E-state index in [0.717, 1.165) is 18.7 Å². The number of aromatic nitrogens is 1. The lowest BCUT2D eigenvalue weighted by Gasteiger charge is -2.32. The third kappa shape index (κ3) is 3.91. The third-order valence-corrected chi connectivity index (χ3v) is 3.28. The first-order chi connectivity index (χ1) is 9.72. The van der Waals surface area contributed by atoms with E-state index in [1.54, 1.807) is 13.3 Å². The van der Waals surface area contributed by atoms with Crippen molar-refractivity contribution in [1.29, 1.82) is 0 Å². The van der Waals surface area contributed by atoms with Crippen LogP contribution in [0, 0.1) is 0 Å². The molecular weight excluding hydrogens is 260 g/mol. The maximum absolute atomic E-state index is 11.3. The monoisotopic (exact) mass is 280 g/mol. The Morgan fingerprint density at radius 3 is 3.15 bits per heavy atom. The second-order valence-electron chi connectivity index (χ2n) is 4.68. The summed E-state index contributed by atoms with van der Waals surface area (Å²) in [6.45, 7) is 2.88. The van der Waals surface area contributed by atoms with Gasteiger partial charge in [-0.05, 0) is 6.07 Å². The molecule has 1 saturated heterocycles. The Labute approximate surface area is 118 Å². The minimum absolute atomic E-state index is 0.112. The first-order valence-corrected chi connectivity index (χ1v) is 6.61. The van der Waals surface area contributed by atoms with Crippen LogP contribution in [0.25, 0.3) is 0 Å². The van der Waals surface area contributed by atoms with Gasteiger partial charge in [0.25, 0.3) is 0 Å². The molecule has 2 heterocycles. The lowest BCUT2D eigenvalue weighted by Crippen LogP contribution is -2.42. The molecule has 6 nitrogen and oxygen atoms in total. The van der Waals surface area contributed by atoms with Crippen LogP contribution in [0.3, 0.4) is 0 Å². The fourth-order valence-electron chi connectivity index (χ4n) is 2.29. The highest BCUT2D eigenvalue weighted by Crippen LogP contribution is 2.18. The summed E-state index contributed by atoms with van der Waals surface area (Å²) >= 11 is 0. The summed E-state index contributed by atoms with van der Waals surface area (Å²) in [5, 5.41) is 0. The number of rotatable bonds is 5. The fourth-order valence-corrected chi connectivity index (χ4v) is 2.29. The number of methoxy groups -OCH3 is 2. The van der Waals surface area contributed by atoms with E-state index in [1.807, 2.05) is 12.1 Å². The topological polar surface area (TPSA) is 60.9 Å². The predicted molar refractivity (Wildman–Crippen MR) is 72.4 cm³/mol. The highest BCUT2D eigenvalue weighted by Gasteiger charge is 2.24. The number of hydrogen-bond acceptors (Lipinski definition) is 6. The largest absolute Gasteiger partial charge is 0.481 e. The zero-order valence-corrected chi connectivity index (χ0v) is 11.9. The number of morpholine rings is 1. The average molecular weight is 280 g/mol. The quantitative estimate of drug-likeness (QED) is 0.745. The van der Waals surface area contributed by atoms with Gasteiger partial charge in [-0.3, -0.25) is 9.69 Å². The normalized spacial score (nSPS) is 19.6. The maximum Gasteiger partial charge on any atom is 0.308 e. The molecule has 1 unspecified atom stereocenters. The summed E-state index contributed by atoms with van der Waals surface area (Å²) in [6, 6.07) is 3.89. The molecule has 6 heteroatoms. The number of hydrogen-bond donors (Lipinski definition) is 0. The maximum atomic E-state index is 11.3. The van der Waals surface area contributed by atoms with Crippen molar-refractivity contribution in [3.63, 3.8) is 0 Å². The van der Waals surface area contributed by atoms with E-state index in [0.29, 0.717) is 19.0 Å². The van der Waals surface area contributed by atoms with Crippen molar-refractivity contribution in [2.45, 2.75) is 19.1 Å². The van der Waals surface area contributed by atoms with Gasteiger partial charge in [0.05, 0.1) is 33.4 Å². The van der Waals surface area contributed by atoms with E-state index in [9.17, 15) is 4.79 Å². The van der Waals surface area contributed by atoms with Crippen LogP contribution in [0.5, 0.6) is 5.88 Å². The van der Waals surface area contributed by atoms with Crippen molar-refractivity contribution in [2.24, 2.45) is 0 Å². The zero-order valence-electron chi connectivity index (χ0n) is 11.9. The van der Waals surface area contributed by atoms with Crippen LogP contribution in [0.4, 0.5) is 0 Å². The molecule has 0 bridgehead atoms. The molecule has 1 atom stereocenters. The van der Waals surface area contributed by atoms with Gasteiger partial charge in [-0.1, -0.05) is 6.07 Å². The van der Waals surface area contributed by atoms with Crippen LogP contribution >= 0.6 is 0 Å². The van der Waals surface area contributed by atoms with Crippen LogP contribution in [-0.4, -0.2) is 55.9 Å². The number of carbonyl (C=O) groups is 1. The Kier molecular flexibility index (Phi) is 5.31. The van der Waals surface area contributed by atoms with Gasteiger partial charge in [0.2, 0.25) is 5.88 Å². The molecule has 0 spiro atoms. The van der Waals surface area contributed by atoms with Gasteiger partial charge >= 0.3 is 5.97 Å². The van der Waals surface area contributed by atoms with Gasteiger partial charge in [0.1, 0.15) is 0 Å². The number of ether oxygens (including phenoxy) is 3. The van der Waals surface area contributed by atoms with E-state index in [-0.39, 0.29) is 18.5 Å². The first-order valence-electron chi connectivity index (χ1n) is 6.61. The van der Waals surface area contributed by atoms with E-state index in [4.69, 9.17) is 9.47 Å². The summed E-state index contributed by atoms with van der Waals surface area (Å²) in [5.41, 5.74) is 1.04. The second kappa shape index (κ2) is 7.21. The molecule has 1 fully saturated rings. The summed E-state index contributed by atoms with van der Waals surface area (Å²) in [7, 11) is 3.01. The SMILES string of the molecule is COC(=O)CC1CN(Cc2cccnc2OC)CCO1. The molecule has 0 radical (unpaired) electrons. The van der Waals surface area contributed by atoms with Crippen molar-refractivity contribution in [3.05, 3.63) is 23.9 Å². The first kappa shape index (κ1) is 14.7. The summed E-state index contributed by atoms with van der Waals surface area (Å²) in [4.78, 5) is 17.7. The minimum atomic E-state index is -0.240. The molecule has 1 aliphatic rings. The molecular formula is C14H20N2O4. The van der Waals surface area contributed by atoms with E-state index >= 15 is 0 Å². The van der Waals surface area contributed by atoms with Gasteiger partial charge in [-0.25, -0.2) is 4.98 Å². The van der Waals surface area contributed by atoms with Crippen molar-refractivity contribution < 1.29 is 19.0 Å². The van der Waals surface area contributed by atoms with Gasteiger partial charge in [-0.15, -0.1) is 0 Å².